The number of benzene rings is 1. The first kappa shape index (κ1) is 12.2. The molecule has 1 aliphatic carbocycles. The standard InChI is InChI=1S/C16H21N/c1-3-14-4-6-15(7-5-14)11-16(12-17)9-8-13(2)10-16/h4-7,13H,3,8-11H2,1-2H3. The Morgan fingerprint density at radius 3 is 2.41 bits per heavy atom. The highest BCUT2D eigenvalue weighted by Crippen LogP contribution is 2.43. The summed E-state index contributed by atoms with van der Waals surface area (Å²) in [5.41, 5.74) is 2.60. The van der Waals surface area contributed by atoms with E-state index in [-0.39, 0.29) is 5.41 Å². The summed E-state index contributed by atoms with van der Waals surface area (Å²) in [5.74, 6) is 0.713. The smallest absolute Gasteiger partial charge is 0.0693 e. The van der Waals surface area contributed by atoms with Crippen LogP contribution in [0.3, 0.4) is 0 Å². The van der Waals surface area contributed by atoms with Crippen molar-refractivity contribution in [2.24, 2.45) is 11.3 Å². The Balaban J connectivity index is 2.11. The van der Waals surface area contributed by atoms with Crippen molar-refractivity contribution in [3.8, 4) is 6.07 Å². The van der Waals surface area contributed by atoms with Crippen molar-refractivity contribution < 1.29 is 0 Å². The number of nitriles is 1. The Morgan fingerprint density at radius 2 is 1.94 bits per heavy atom. The van der Waals surface area contributed by atoms with Gasteiger partial charge in [0.05, 0.1) is 11.5 Å². The van der Waals surface area contributed by atoms with Gasteiger partial charge in [-0.1, -0.05) is 38.1 Å². The van der Waals surface area contributed by atoms with Crippen LogP contribution in [0.25, 0.3) is 0 Å². The first-order valence-corrected chi connectivity index (χ1v) is 6.66. The van der Waals surface area contributed by atoms with E-state index in [0.717, 1.165) is 25.7 Å². The van der Waals surface area contributed by atoms with Gasteiger partial charge in [0.15, 0.2) is 0 Å². The van der Waals surface area contributed by atoms with Gasteiger partial charge in [0.25, 0.3) is 0 Å². The molecule has 0 N–H and O–H groups in total. The first-order chi connectivity index (χ1) is 8.17. The van der Waals surface area contributed by atoms with Gasteiger partial charge in [-0.15, -0.1) is 0 Å². The van der Waals surface area contributed by atoms with Crippen molar-refractivity contribution in [3.05, 3.63) is 35.4 Å². The number of rotatable bonds is 3. The van der Waals surface area contributed by atoms with Gasteiger partial charge in [-0.25, -0.2) is 0 Å². The third-order valence-electron chi connectivity index (χ3n) is 4.07. The molecule has 2 unspecified atom stereocenters. The SMILES string of the molecule is CCc1ccc(CC2(C#N)CCC(C)C2)cc1. The average Bonchev–Trinajstić information content (AvgIpc) is 2.72. The number of nitrogens with zero attached hydrogens (tertiary/aromatic N) is 1. The van der Waals surface area contributed by atoms with Crippen molar-refractivity contribution in [1.29, 1.82) is 5.26 Å². The van der Waals surface area contributed by atoms with Gasteiger partial charge >= 0.3 is 0 Å². The van der Waals surface area contributed by atoms with Crippen LogP contribution in [0.15, 0.2) is 24.3 Å². The minimum Gasteiger partial charge on any atom is -0.198 e. The molecule has 1 fully saturated rings. The van der Waals surface area contributed by atoms with Crippen molar-refractivity contribution in [2.45, 2.75) is 46.0 Å². The maximum absolute atomic E-state index is 9.45. The highest BCUT2D eigenvalue weighted by Gasteiger charge is 2.37. The predicted molar refractivity (Wildman–Crippen MR) is 70.6 cm³/mol. The third-order valence-corrected chi connectivity index (χ3v) is 4.07. The minimum atomic E-state index is -0.0901. The molecular weight excluding hydrogens is 206 g/mol. The predicted octanol–water partition coefficient (Wildman–Crippen LogP) is 4.12. The highest BCUT2D eigenvalue weighted by molar-refractivity contribution is 5.25. The van der Waals surface area contributed by atoms with Gasteiger partial charge in [-0.2, -0.15) is 5.26 Å². The highest BCUT2D eigenvalue weighted by atomic mass is 14.4. The second-order valence-corrected chi connectivity index (χ2v) is 5.59. The summed E-state index contributed by atoms with van der Waals surface area (Å²) in [6.45, 7) is 4.43. The Hall–Kier alpha value is -1.29. The van der Waals surface area contributed by atoms with Crippen molar-refractivity contribution in [3.63, 3.8) is 0 Å². The van der Waals surface area contributed by atoms with Gasteiger partial charge in [0.1, 0.15) is 0 Å². The molecule has 1 aliphatic rings. The Bertz CT molecular complexity index is 412. The largest absolute Gasteiger partial charge is 0.198 e. The summed E-state index contributed by atoms with van der Waals surface area (Å²) in [6.07, 6.45) is 5.36. The van der Waals surface area contributed by atoms with Crippen LogP contribution in [0.1, 0.15) is 44.2 Å². The van der Waals surface area contributed by atoms with E-state index < -0.39 is 0 Å². The summed E-state index contributed by atoms with van der Waals surface area (Å²) in [7, 11) is 0. The Labute approximate surface area is 104 Å². The third kappa shape index (κ3) is 2.69. The molecule has 0 amide bonds. The summed E-state index contributed by atoms with van der Waals surface area (Å²) >= 11 is 0. The second kappa shape index (κ2) is 4.92. The second-order valence-electron chi connectivity index (χ2n) is 5.59. The Kier molecular flexibility index (Phi) is 3.52. The van der Waals surface area contributed by atoms with Crippen LogP contribution in [-0.4, -0.2) is 0 Å². The van der Waals surface area contributed by atoms with Crippen LogP contribution < -0.4 is 0 Å². The number of aryl methyl sites for hydroxylation is 1. The molecule has 0 saturated heterocycles. The van der Waals surface area contributed by atoms with Crippen LogP contribution in [-0.2, 0) is 12.8 Å². The molecule has 1 aromatic carbocycles. The molecule has 17 heavy (non-hydrogen) atoms. The molecule has 2 atom stereocenters. The van der Waals surface area contributed by atoms with Crippen molar-refractivity contribution in [2.75, 3.05) is 0 Å². The number of hydrogen-bond donors (Lipinski definition) is 0. The quantitative estimate of drug-likeness (QED) is 0.762. The molecule has 0 aromatic heterocycles. The molecule has 1 nitrogen and oxygen atoms in total. The zero-order valence-electron chi connectivity index (χ0n) is 10.9. The van der Waals surface area contributed by atoms with Crippen molar-refractivity contribution in [1.82, 2.24) is 0 Å². The molecule has 0 bridgehead atoms. The molecule has 1 aromatic rings. The maximum Gasteiger partial charge on any atom is 0.0693 e. The van der Waals surface area contributed by atoms with E-state index in [0.29, 0.717) is 5.92 Å². The van der Waals surface area contributed by atoms with Crippen LogP contribution in [0.5, 0.6) is 0 Å². The van der Waals surface area contributed by atoms with E-state index in [9.17, 15) is 5.26 Å². The lowest BCUT2D eigenvalue weighted by Gasteiger charge is -2.20. The zero-order chi connectivity index (χ0) is 12.3. The Morgan fingerprint density at radius 1 is 1.29 bits per heavy atom. The van der Waals surface area contributed by atoms with E-state index in [1.54, 1.807) is 0 Å². The zero-order valence-corrected chi connectivity index (χ0v) is 10.9. The van der Waals surface area contributed by atoms with Crippen LogP contribution in [0, 0.1) is 22.7 Å². The van der Waals surface area contributed by atoms with Gasteiger partial charge in [-0.05, 0) is 49.1 Å². The fourth-order valence-corrected chi connectivity index (χ4v) is 2.98. The molecule has 90 valence electrons. The molecule has 0 radical (unpaired) electrons. The number of hydrogen-bond acceptors (Lipinski definition) is 1. The van der Waals surface area contributed by atoms with E-state index in [1.165, 1.54) is 17.5 Å². The summed E-state index contributed by atoms with van der Waals surface area (Å²) < 4.78 is 0. The molecule has 0 spiro atoms. The first-order valence-electron chi connectivity index (χ1n) is 6.66. The lowest BCUT2D eigenvalue weighted by molar-refractivity contribution is 0.391. The van der Waals surface area contributed by atoms with Crippen LogP contribution in [0.4, 0.5) is 0 Å². The summed E-state index contributed by atoms with van der Waals surface area (Å²) in [5, 5.41) is 9.45. The topological polar surface area (TPSA) is 23.8 Å². The van der Waals surface area contributed by atoms with E-state index in [4.69, 9.17) is 0 Å². The molecule has 1 heteroatoms. The van der Waals surface area contributed by atoms with Gasteiger partial charge < -0.3 is 0 Å². The molecule has 2 rings (SSSR count). The average molecular weight is 227 g/mol. The van der Waals surface area contributed by atoms with Crippen molar-refractivity contribution >= 4 is 0 Å². The van der Waals surface area contributed by atoms with Crippen LogP contribution in [0.2, 0.25) is 0 Å². The van der Waals surface area contributed by atoms with Gasteiger partial charge in [0.2, 0.25) is 0 Å². The fourth-order valence-electron chi connectivity index (χ4n) is 2.98. The van der Waals surface area contributed by atoms with E-state index >= 15 is 0 Å². The summed E-state index contributed by atoms with van der Waals surface area (Å²) in [4.78, 5) is 0. The van der Waals surface area contributed by atoms with E-state index in [1.807, 2.05) is 0 Å². The minimum absolute atomic E-state index is 0.0901. The van der Waals surface area contributed by atoms with Gasteiger partial charge in [0, 0.05) is 0 Å². The molecule has 0 heterocycles. The van der Waals surface area contributed by atoms with E-state index in [2.05, 4.69) is 44.2 Å². The summed E-state index contributed by atoms with van der Waals surface area (Å²) in [6, 6.07) is 11.4. The monoisotopic (exact) mass is 227 g/mol. The lowest BCUT2D eigenvalue weighted by Crippen LogP contribution is -2.17. The lowest BCUT2D eigenvalue weighted by atomic mass is 9.81. The normalized spacial score (nSPS) is 27.9. The maximum atomic E-state index is 9.45. The fraction of sp³-hybridized carbons (Fsp3) is 0.562. The molecule has 0 aliphatic heterocycles. The molecule has 1 saturated carbocycles. The van der Waals surface area contributed by atoms with Gasteiger partial charge in [-0.3, -0.25) is 0 Å². The van der Waals surface area contributed by atoms with Crippen LogP contribution >= 0.6 is 0 Å². The molecular formula is C16H21N.